The fourth-order valence-electron chi connectivity index (χ4n) is 2.64. The molecule has 1 aliphatic carbocycles. The average molecular weight is 347 g/mol. The molecule has 0 aromatic heterocycles. The lowest BCUT2D eigenvalue weighted by molar-refractivity contribution is 0.0858. The smallest absolute Gasteiger partial charge is 0.251 e. The second-order valence-electron chi connectivity index (χ2n) is 5.19. The van der Waals surface area contributed by atoms with Gasteiger partial charge in [0.15, 0.2) is 0 Å². The van der Waals surface area contributed by atoms with Crippen molar-refractivity contribution < 1.29 is 9.90 Å². The van der Waals surface area contributed by atoms with E-state index in [0.29, 0.717) is 17.7 Å². The van der Waals surface area contributed by atoms with E-state index in [-0.39, 0.29) is 5.91 Å². The molecule has 0 radical (unpaired) electrons. The molecule has 0 saturated carbocycles. The fourth-order valence-corrected chi connectivity index (χ4v) is 2.90. The first-order valence-electron chi connectivity index (χ1n) is 6.67. The van der Waals surface area contributed by atoms with Crippen LogP contribution in [-0.4, -0.2) is 17.1 Å². The lowest BCUT2D eigenvalue weighted by Gasteiger charge is -2.18. The number of benzene rings is 2. The first-order chi connectivity index (χ1) is 10.0. The van der Waals surface area contributed by atoms with Gasteiger partial charge in [0.1, 0.15) is 0 Å². The van der Waals surface area contributed by atoms with Crippen molar-refractivity contribution in [2.24, 2.45) is 0 Å². The Morgan fingerprint density at radius 3 is 2.67 bits per heavy atom. The number of aliphatic hydroxyl groups is 1. The SMILES string of the molecule is Nc1ccc2c(c1)C(NC(=O)c1ccc(Br)cc1)[C@H](O)C2. The molecule has 2 aromatic rings. The van der Waals surface area contributed by atoms with Gasteiger partial charge in [-0.05, 0) is 47.5 Å². The van der Waals surface area contributed by atoms with Gasteiger partial charge in [0.2, 0.25) is 0 Å². The molecule has 1 aliphatic rings. The van der Waals surface area contributed by atoms with E-state index >= 15 is 0 Å². The van der Waals surface area contributed by atoms with Crippen LogP contribution in [0.5, 0.6) is 0 Å². The summed E-state index contributed by atoms with van der Waals surface area (Å²) in [6.07, 6.45) is -0.0952. The topological polar surface area (TPSA) is 75.3 Å². The van der Waals surface area contributed by atoms with E-state index in [4.69, 9.17) is 5.73 Å². The molecule has 0 saturated heterocycles. The van der Waals surface area contributed by atoms with Crippen LogP contribution in [0.2, 0.25) is 0 Å². The summed E-state index contributed by atoms with van der Waals surface area (Å²) in [4.78, 5) is 12.3. The minimum atomic E-state index is -0.624. The minimum absolute atomic E-state index is 0.207. The van der Waals surface area contributed by atoms with Crippen LogP contribution in [0.25, 0.3) is 0 Å². The number of aliphatic hydroxyl groups excluding tert-OH is 1. The van der Waals surface area contributed by atoms with Crippen LogP contribution in [0.3, 0.4) is 0 Å². The predicted octanol–water partition coefficient (Wildman–Crippen LogP) is 2.42. The molecule has 3 rings (SSSR count). The Balaban J connectivity index is 1.83. The van der Waals surface area contributed by atoms with Crippen molar-refractivity contribution in [1.82, 2.24) is 5.32 Å². The van der Waals surface area contributed by atoms with Crippen LogP contribution < -0.4 is 11.1 Å². The second kappa shape index (κ2) is 5.50. The zero-order valence-corrected chi connectivity index (χ0v) is 12.8. The maximum Gasteiger partial charge on any atom is 0.251 e. The van der Waals surface area contributed by atoms with E-state index in [2.05, 4.69) is 21.2 Å². The van der Waals surface area contributed by atoms with E-state index in [9.17, 15) is 9.90 Å². The Morgan fingerprint density at radius 2 is 1.95 bits per heavy atom. The molecule has 2 aromatic carbocycles. The van der Waals surface area contributed by atoms with E-state index < -0.39 is 12.1 Å². The van der Waals surface area contributed by atoms with Crippen molar-refractivity contribution in [2.75, 3.05) is 5.73 Å². The number of carbonyl (C=O) groups excluding carboxylic acids is 1. The number of halogens is 1. The van der Waals surface area contributed by atoms with Crippen molar-refractivity contribution in [3.05, 3.63) is 63.6 Å². The zero-order valence-electron chi connectivity index (χ0n) is 11.2. The zero-order chi connectivity index (χ0) is 15.0. The highest BCUT2D eigenvalue weighted by Crippen LogP contribution is 2.33. The van der Waals surface area contributed by atoms with Crippen molar-refractivity contribution >= 4 is 27.5 Å². The lowest BCUT2D eigenvalue weighted by atomic mass is 10.1. The molecule has 1 unspecified atom stereocenters. The number of hydrogen-bond donors (Lipinski definition) is 3. The molecule has 5 heteroatoms. The van der Waals surface area contributed by atoms with Gasteiger partial charge < -0.3 is 16.2 Å². The fraction of sp³-hybridized carbons (Fsp3) is 0.188. The van der Waals surface area contributed by atoms with Gasteiger partial charge in [0.05, 0.1) is 12.1 Å². The Hall–Kier alpha value is -1.85. The summed E-state index contributed by atoms with van der Waals surface area (Å²) in [5.74, 6) is -0.207. The van der Waals surface area contributed by atoms with Gasteiger partial charge in [-0.1, -0.05) is 22.0 Å². The van der Waals surface area contributed by atoms with Crippen molar-refractivity contribution in [3.8, 4) is 0 Å². The first-order valence-corrected chi connectivity index (χ1v) is 7.46. The predicted molar refractivity (Wildman–Crippen MR) is 84.9 cm³/mol. The van der Waals surface area contributed by atoms with E-state index in [1.54, 1.807) is 12.1 Å². The summed E-state index contributed by atoms with van der Waals surface area (Å²) in [6, 6.07) is 12.2. The molecule has 2 atom stereocenters. The number of fused-ring (bicyclic) bond motifs is 1. The molecular formula is C16H15BrN2O2. The van der Waals surface area contributed by atoms with Crippen LogP contribution in [0.15, 0.2) is 46.9 Å². The Morgan fingerprint density at radius 1 is 1.24 bits per heavy atom. The molecule has 0 aliphatic heterocycles. The number of rotatable bonds is 2. The Kier molecular flexibility index (Phi) is 3.69. The molecule has 21 heavy (non-hydrogen) atoms. The highest BCUT2D eigenvalue weighted by molar-refractivity contribution is 9.10. The number of hydrogen-bond acceptors (Lipinski definition) is 3. The lowest BCUT2D eigenvalue weighted by Crippen LogP contribution is -2.33. The van der Waals surface area contributed by atoms with Crippen LogP contribution in [0.4, 0.5) is 5.69 Å². The summed E-state index contributed by atoms with van der Waals surface area (Å²) in [7, 11) is 0. The van der Waals surface area contributed by atoms with Crippen molar-refractivity contribution in [1.29, 1.82) is 0 Å². The minimum Gasteiger partial charge on any atom is -0.399 e. The highest BCUT2D eigenvalue weighted by atomic mass is 79.9. The molecule has 0 spiro atoms. The van der Waals surface area contributed by atoms with Gasteiger partial charge in [-0.25, -0.2) is 0 Å². The Bertz CT molecular complexity index is 685. The average Bonchev–Trinajstić information content (AvgIpc) is 2.76. The van der Waals surface area contributed by atoms with Crippen LogP contribution >= 0.6 is 15.9 Å². The van der Waals surface area contributed by atoms with Gasteiger partial charge in [0.25, 0.3) is 5.91 Å². The third kappa shape index (κ3) is 2.80. The molecular weight excluding hydrogens is 332 g/mol. The molecule has 108 valence electrons. The number of nitrogen functional groups attached to an aromatic ring is 1. The molecule has 0 bridgehead atoms. The maximum atomic E-state index is 12.3. The van der Waals surface area contributed by atoms with Crippen molar-refractivity contribution in [3.63, 3.8) is 0 Å². The summed E-state index contributed by atoms with van der Waals surface area (Å²) < 4.78 is 0.915. The monoisotopic (exact) mass is 346 g/mol. The van der Waals surface area contributed by atoms with E-state index in [1.165, 1.54) is 0 Å². The van der Waals surface area contributed by atoms with E-state index in [0.717, 1.165) is 15.6 Å². The van der Waals surface area contributed by atoms with Gasteiger partial charge >= 0.3 is 0 Å². The second-order valence-corrected chi connectivity index (χ2v) is 6.10. The van der Waals surface area contributed by atoms with Gasteiger partial charge in [-0.3, -0.25) is 4.79 Å². The summed E-state index contributed by atoms with van der Waals surface area (Å²) in [5, 5.41) is 13.1. The third-order valence-corrected chi connectivity index (χ3v) is 4.24. The molecule has 1 amide bonds. The van der Waals surface area contributed by atoms with Crippen LogP contribution in [-0.2, 0) is 6.42 Å². The summed E-state index contributed by atoms with van der Waals surface area (Å²) in [6.45, 7) is 0. The highest BCUT2D eigenvalue weighted by Gasteiger charge is 2.32. The van der Waals surface area contributed by atoms with Gasteiger partial charge in [0, 0.05) is 22.1 Å². The van der Waals surface area contributed by atoms with Crippen LogP contribution in [0.1, 0.15) is 27.5 Å². The van der Waals surface area contributed by atoms with Crippen molar-refractivity contribution in [2.45, 2.75) is 18.6 Å². The number of anilines is 1. The number of nitrogens with one attached hydrogen (secondary N) is 1. The largest absolute Gasteiger partial charge is 0.399 e. The van der Waals surface area contributed by atoms with E-state index in [1.807, 2.05) is 30.3 Å². The van der Waals surface area contributed by atoms with Crippen LogP contribution in [0, 0.1) is 0 Å². The quantitative estimate of drug-likeness (QED) is 0.731. The molecule has 4 N–H and O–H groups in total. The Labute approximate surface area is 131 Å². The first kappa shape index (κ1) is 14.1. The maximum absolute atomic E-state index is 12.3. The standard InChI is InChI=1S/C16H15BrN2O2/c17-11-4-1-9(2-5-11)16(21)19-15-13-8-12(18)6-3-10(13)7-14(15)20/h1-6,8,14-15,20H,7,18H2,(H,19,21)/t14-,15?/m1/s1. The normalized spacial score (nSPS) is 20.1. The molecule has 0 fully saturated rings. The van der Waals surface area contributed by atoms with Gasteiger partial charge in [-0.2, -0.15) is 0 Å². The number of nitrogens with two attached hydrogens (primary N) is 1. The molecule has 4 nitrogen and oxygen atoms in total. The number of amides is 1. The van der Waals surface area contributed by atoms with Gasteiger partial charge in [-0.15, -0.1) is 0 Å². The summed E-state index contributed by atoms with van der Waals surface area (Å²) >= 11 is 3.34. The third-order valence-electron chi connectivity index (χ3n) is 3.71. The summed E-state index contributed by atoms with van der Waals surface area (Å²) in [5.41, 5.74) is 8.91. The number of carbonyl (C=O) groups is 1. The molecule has 0 heterocycles.